The number of carbonyl (C=O) groups is 3. The molecule has 3 amide bonds. The standard InChI is InChI=1S/C26H43N7O4S.ClH/c1-16-23(35)30-22(17(2)34)25(37)29-21(10-13-38-5)24(36)28-14-20-15-33(32-31-20)12-9-19-7-6-18(8-11-27-16)26(19,3)4;/h7,15-18,21-22,27,34H,6,8-14H2,1-5H3,(H,28,36)(H,29,37)(H,30,35);1H/t16-,17+,18+,21-,22?;/m0./s1. The molecule has 1 aliphatic carbocycles. The Morgan fingerprint density at radius 2 is 1.95 bits per heavy atom. The fraction of sp³-hybridized carbons (Fsp3) is 0.731. The van der Waals surface area contributed by atoms with Crippen LogP contribution < -0.4 is 21.3 Å². The van der Waals surface area contributed by atoms with Crippen LogP contribution in [0, 0.1) is 11.3 Å². The summed E-state index contributed by atoms with van der Waals surface area (Å²) in [5.74, 6) is -0.250. The van der Waals surface area contributed by atoms with Crippen molar-refractivity contribution in [1.29, 1.82) is 0 Å². The minimum atomic E-state index is -1.19. The molecule has 2 heterocycles. The van der Waals surface area contributed by atoms with Crippen LogP contribution >= 0.6 is 24.2 Å². The first-order valence-corrected chi connectivity index (χ1v) is 14.8. The van der Waals surface area contributed by atoms with Crippen LogP contribution in [0.4, 0.5) is 0 Å². The predicted octanol–water partition coefficient (Wildman–Crippen LogP) is 1.16. The van der Waals surface area contributed by atoms with Gasteiger partial charge in [-0.25, -0.2) is 0 Å². The third-order valence-corrected chi connectivity index (χ3v) is 8.42. The fourth-order valence-electron chi connectivity index (χ4n) is 5.09. The third kappa shape index (κ3) is 8.92. The van der Waals surface area contributed by atoms with Gasteiger partial charge in [0, 0.05) is 6.54 Å². The summed E-state index contributed by atoms with van der Waals surface area (Å²) in [5, 5.41) is 30.2. The van der Waals surface area contributed by atoms with Crippen molar-refractivity contribution in [2.24, 2.45) is 11.3 Å². The summed E-state index contributed by atoms with van der Waals surface area (Å²) < 4.78 is 1.80. The van der Waals surface area contributed by atoms with Crippen molar-refractivity contribution in [3.63, 3.8) is 0 Å². The average molecular weight is 586 g/mol. The molecule has 3 rings (SSSR count). The van der Waals surface area contributed by atoms with Gasteiger partial charge in [-0.2, -0.15) is 11.8 Å². The number of hydrogen-bond donors (Lipinski definition) is 5. The smallest absolute Gasteiger partial charge is 0.245 e. The van der Waals surface area contributed by atoms with Crippen LogP contribution in [0.3, 0.4) is 0 Å². The number of hydrogen-bond acceptors (Lipinski definition) is 8. The van der Waals surface area contributed by atoms with E-state index >= 15 is 0 Å². The number of fused-ring (bicyclic) bond motifs is 4. The molecule has 2 aliphatic rings. The van der Waals surface area contributed by atoms with Gasteiger partial charge in [0.05, 0.1) is 24.9 Å². The van der Waals surface area contributed by atoms with Crippen LogP contribution in [0.2, 0.25) is 0 Å². The Labute approximate surface area is 241 Å². The Kier molecular flexibility index (Phi) is 12.7. The Balaban J connectivity index is 0.00000533. The van der Waals surface area contributed by atoms with Crippen LogP contribution in [0.25, 0.3) is 0 Å². The molecule has 0 aromatic carbocycles. The Morgan fingerprint density at radius 1 is 1.21 bits per heavy atom. The van der Waals surface area contributed by atoms with Gasteiger partial charge in [0.25, 0.3) is 0 Å². The van der Waals surface area contributed by atoms with Crippen molar-refractivity contribution in [3.05, 3.63) is 23.5 Å². The van der Waals surface area contributed by atoms with Crippen LogP contribution in [-0.2, 0) is 27.5 Å². The van der Waals surface area contributed by atoms with Gasteiger partial charge in [0.1, 0.15) is 17.8 Å². The third-order valence-electron chi connectivity index (χ3n) is 7.78. The zero-order valence-electron chi connectivity index (χ0n) is 23.5. The summed E-state index contributed by atoms with van der Waals surface area (Å²) in [5.41, 5.74) is 2.06. The van der Waals surface area contributed by atoms with E-state index in [9.17, 15) is 19.5 Å². The van der Waals surface area contributed by atoms with E-state index in [-0.39, 0.29) is 36.2 Å². The highest BCUT2D eigenvalue weighted by atomic mass is 35.5. The average Bonchev–Trinajstić information content (AvgIpc) is 3.44. The van der Waals surface area contributed by atoms with Crippen molar-refractivity contribution in [2.75, 3.05) is 18.6 Å². The lowest BCUT2D eigenvalue weighted by molar-refractivity contribution is -0.134. The molecule has 0 spiro atoms. The van der Waals surface area contributed by atoms with Gasteiger partial charge in [-0.3, -0.25) is 19.1 Å². The number of nitrogens with one attached hydrogen (secondary N) is 4. The largest absolute Gasteiger partial charge is 0.391 e. The van der Waals surface area contributed by atoms with E-state index in [0.717, 1.165) is 19.3 Å². The molecule has 1 aliphatic heterocycles. The number of aromatic nitrogens is 3. The molecule has 0 fully saturated rings. The van der Waals surface area contributed by atoms with Gasteiger partial charge in [-0.05, 0) is 69.4 Å². The van der Waals surface area contributed by atoms with Crippen molar-refractivity contribution in [3.8, 4) is 0 Å². The van der Waals surface area contributed by atoms with E-state index in [1.165, 1.54) is 12.5 Å². The molecule has 1 aromatic heterocycles. The zero-order valence-corrected chi connectivity index (χ0v) is 25.2. The highest BCUT2D eigenvalue weighted by molar-refractivity contribution is 7.98. The molecule has 39 heavy (non-hydrogen) atoms. The SMILES string of the molecule is CSCC[C@@H]1NC(=O)C([C@@H](C)O)NC(=O)[C@H](C)NCC[C@H]2CC=C(CCn3cc(nn3)CNC1=O)C2(C)C.Cl. The normalized spacial score (nSPS) is 27.6. The first kappa shape index (κ1) is 33.1. The quantitative estimate of drug-likeness (QED) is 0.330. The molecule has 0 saturated carbocycles. The Hall–Kier alpha value is -2.15. The highest BCUT2D eigenvalue weighted by Crippen LogP contribution is 2.46. The molecular formula is C26H44ClN7O4S. The summed E-state index contributed by atoms with van der Waals surface area (Å²) in [7, 11) is 0. The number of thioether (sulfide) groups is 1. The molecule has 0 saturated heterocycles. The second kappa shape index (κ2) is 15.0. The van der Waals surface area contributed by atoms with E-state index in [1.54, 1.807) is 23.4 Å². The van der Waals surface area contributed by atoms with E-state index < -0.39 is 30.1 Å². The molecule has 1 aromatic rings. The molecule has 13 heteroatoms. The lowest BCUT2D eigenvalue weighted by Crippen LogP contribution is -2.59. The van der Waals surface area contributed by atoms with Crippen molar-refractivity contribution < 1.29 is 19.5 Å². The minimum Gasteiger partial charge on any atom is -0.391 e. The fourth-order valence-corrected chi connectivity index (χ4v) is 5.56. The summed E-state index contributed by atoms with van der Waals surface area (Å²) >= 11 is 1.56. The second-order valence-corrected chi connectivity index (χ2v) is 11.8. The van der Waals surface area contributed by atoms with Crippen molar-refractivity contribution in [1.82, 2.24) is 36.3 Å². The van der Waals surface area contributed by atoms with Crippen LogP contribution in [0.15, 0.2) is 17.8 Å². The number of aliphatic hydroxyl groups is 1. The number of allylic oxidation sites excluding steroid dienone is 2. The first-order chi connectivity index (χ1) is 18.0. The maximum atomic E-state index is 13.1. The van der Waals surface area contributed by atoms with Gasteiger partial charge in [0.2, 0.25) is 17.7 Å². The number of aliphatic hydroxyl groups excluding tert-OH is 1. The van der Waals surface area contributed by atoms with Crippen molar-refractivity contribution in [2.45, 2.75) is 90.7 Å². The summed E-state index contributed by atoms with van der Waals surface area (Å²) in [6.45, 7) is 9.25. The number of nitrogens with zero attached hydrogens (tertiary/aromatic N) is 3. The topological polar surface area (TPSA) is 150 Å². The van der Waals surface area contributed by atoms with Gasteiger partial charge >= 0.3 is 0 Å². The van der Waals surface area contributed by atoms with Gasteiger partial charge in [-0.1, -0.05) is 30.7 Å². The Bertz CT molecular complexity index is 1020. The van der Waals surface area contributed by atoms with E-state index in [0.29, 0.717) is 36.9 Å². The summed E-state index contributed by atoms with van der Waals surface area (Å²) in [4.78, 5) is 38.9. The maximum absolute atomic E-state index is 13.1. The van der Waals surface area contributed by atoms with E-state index in [1.807, 2.05) is 12.5 Å². The summed E-state index contributed by atoms with van der Waals surface area (Å²) in [6.07, 6.45) is 8.10. The number of aryl methyl sites for hydroxylation is 1. The number of rotatable bonds is 4. The van der Waals surface area contributed by atoms with E-state index in [4.69, 9.17) is 0 Å². The molecule has 5 atom stereocenters. The highest BCUT2D eigenvalue weighted by Gasteiger charge is 2.36. The molecule has 5 N–H and O–H groups in total. The van der Waals surface area contributed by atoms with Crippen LogP contribution in [0.1, 0.15) is 59.1 Å². The molecule has 4 bridgehead atoms. The van der Waals surface area contributed by atoms with Crippen molar-refractivity contribution >= 4 is 41.9 Å². The Morgan fingerprint density at radius 3 is 2.64 bits per heavy atom. The predicted molar refractivity (Wildman–Crippen MR) is 154 cm³/mol. The number of halogens is 1. The lowest BCUT2D eigenvalue weighted by Gasteiger charge is -2.32. The summed E-state index contributed by atoms with van der Waals surface area (Å²) in [6, 6.07) is -2.56. The van der Waals surface area contributed by atoms with Crippen LogP contribution in [-0.4, -0.2) is 80.6 Å². The first-order valence-electron chi connectivity index (χ1n) is 13.4. The monoisotopic (exact) mass is 585 g/mol. The number of amides is 3. The lowest BCUT2D eigenvalue weighted by atomic mass is 9.75. The van der Waals surface area contributed by atoms with Gasteiger partial charge in [-0.15, -0.1) is 17.5 Å². The molecule has 11 nitrogen and oxygen atoms in total. The molecule has 0 radical (unpaired) electrons. The zero-order chi connectivity index (χ0) is 27.9. The second-order valence-electron chi connectivity index (χ2n) is 10.9. The number of carbonyl (C=O) groups excluding carboxylic acids is 3. The van der Waals surface area contributed by atoms with Gasteiger partial charge in [0.15, 0.2) is 0 Å². The minimum absolute atomic E-state index is 0. The molecule has 1 unspecified atom stereocenters. The van der Waals surface area contributed by atoms with Gasteiger partial charge < -0.3 is 26.4 Å². The van der Waals surface area contributed by atoms with E-state index in [2.05, 4.69) is 51.5 Å². The maximum Gasteiger partial charge on any atom is 0.245 e. The van der Waals surface area contributed by atoms with Crippen LogP contribution in [0.5, 0.6) is 0 Å². The molecule has 220 valence electrons. The molecular weight excluding hydrogens is 542 g/mol.